The quantitative estimate of drug-likeness (QED) is 0.572. The average molecular weight is 441 g/mol. The van der Waals surface area contributed by atoms with Gasteiger partial charge in [0.15, 0.2) is 11.6 Å². The van der Waals surface area contributed by atoms with Gasteiger partial charge in [-0.05, 0) is 31.5 Å². The van der Waals surface area contributed by atoms with Crippen LogP contribution < -0.4 is 10.1 Å². The molecule has 168 valence electrons. The molecule has 3 aromatic rings. The lowest BCUT2D eigenvalue weighted by molar-refractivity contribution is -0.275. The first-order valence-electron chi connectivity index (χ1n) is 9.40. The van der Waals surface area contributed by atoms with Gasteiger partial charge in [-0.2, -0.15) is 14.6 Å². The number of hydrogen-bond acceptors (Lipinski definition) is 6. The Kier molecular flexibility index (Phi) is 5.59. The molecule has 0 radical (unpaired) electrons. The predicted molar refractivity (Wildman–Crippen MR) is 105 cm³/mol. The molecular formula is C20H23F4N5O2. The second kappa shape index (κ2) is 7.63. The fourth-order valence-corrected chi connectivity index (χ4v) is 3.02. The molecule has 0 aliphatic carbocycles. The van der Waals surface area contributed by atoms with Gasteiger partial charge >= 0.3 is 6.36 Å². The number of aliphatic hydroxyl groups is 1. The van der Waals surface area contributed by atoms with Crippen molar-refractivity contribution in [3.63, 3.8) is 0 Å². The zero-order chi connectivity index (χ0) is 23.2. The van der Waals surface area contributed by atoms with E-state index < -0.39 is 29.6 Å². The van der Waals surface area contributed by atoms with Gasteiger partial charge in [0.25, 0.3) is 5.78 Å². The molecule has 2 heterocycles. The number of rotatable bonds is 5. The minimum absolute atomic E-state index is 0.210. The Hall–Kier alpha value is -2.95. The Bertz CT molecular complexity index is 1080. The summed E-state index contributed by atoms with van der Waals surface area (Å²) in [5.41, 5.74) is -0.847. The van der Waals surface area contributed by atoms with Crippen LogP contribution in [0.4, 0.5) is 23.4 Å². The van der Waals surface area contributed by atoms with Crippen LogP contribution in [0.25, 0.3) is 5.78 Å². The molecule has 3 rings (SSSR count). The minimum atomic E-state index is -5.02. The second-order valence-corrected chi connectivity index (χ2v) is 8.72. The SMILES string of the molecule is CC(C)(C)c1cc(N[C@H](c2ccc(OC(F)(F)F)c(F)c2)C(C)(C)O)n2ncnc2n1. The summed E-state index contributed by atoms with van der Waals surface area (Å²) in [6.07, 6.45) is -3.70. The molecule has 2 N–H and O–H groups in total. The van der Waals surface area contributed by atoms with Crippen molar-refractivity contribution < 1.29 is 27.4 Å². The van der Waals surface area contributed by atoms with Crippen LogP contribution in [0.1, 0.15) is 51.9 Å². The standard InChI is InChI=1S/C20H23F4N5O2/c1-18(2,3)14-9-15(29-17(27-14)25-10-26-29)28-16(19(4,5)30)11-6-7-13(12(21)8-11)31-20(22,23)24/h6-10,16,28,30H,1-5H3/t16-/m1/s1. The first-order chi connectivity index (χ1) is 14.1. The molecule has 0 saturated heterocycles. The first-order valence-corrected chi connectivity index (χ1v) is 9.40. The topological polar surface area (TPSA) is 84.6 Å². The summed E-state index contributed by atoms with van der Waals surface area (Å²) in [6.45, 7) is 8.89. The van der Waals surface area contributed by atoms with Gasteiger partial charge in [0, 0.05) is 11.5 Å². The van der Waals surface area contributed by atoms with Crippen molar-refractivity contribution in [1.29, 1.82) is 0 Å². The Morgan fingerprint density at radius 3 is 2.32 bits per heavy atom. The molecule has 1 atom stereocenters. The van der Waals surface area contributed by atoms with E-state index >= 15 is 0 Å². The van der Waals surface area contributed by atoms with Gasteiger partial charge in [-0.15, -0.1) is 13.2 Å². The molecule has 2 aromatic heterocycles. The van der Waals surface area contributed by atoms with Crippen LogP contribution in [0.3, 0.4) is 0 Å². The molecule has 0 amide bonds. The van der Waals surface area contributed by atoms with Crippen molar-refractivity contribution in [1.82, 2.24) is 19.6 Å². The number of nitrogens with one attached hydrogen (secondary N) is 1. The molecule has 0 bridgehead atoms. The predicted octanol–water partition coefficient (Wildman–Crippen LogP) is 4.38. The lowest BCUT2D eigenvalue weighted by atomic mass is 9.90. The van der Waals surface area contributed by atoms with Gasteiger partial charge in [0.1, 0.15) is 12.1 Å². The summed E-state index contributed by atoms with van der Waals surface area (Å²) in [6, 6.07) is 3.84. The number of aromatic nitrogens is 4. The molecule has 7 nitrogen and oxygen atoms in total. The normalized spacial score (nSPS) is 14.0. The highest BCUT2D eigenvalue weighted by molar-refractivity contribution is 5.49. The minimum Gasteiger partial charge on any atom is -0.403 e. The molecule has 0 unspecified atom stereocenters. The number of hydrogen-bond donors (Lipinski definition) is 2. The van der Waals surface area contributed by atoms with Crippen molar-refractivity contribution in [2.24, 2.45) is 0 Å². The van der Waals surface area contributed by atoms with E-state index in [1.807, 2.05) is 20.8 Å². The van der Waals surface area contributed by atoms with Crippen LogP contribution in [-0.2, 0) is 5.41 Å². The lowest BCUT2D eigenvalue weighted by Gasteiger charge is -2.32. The van der Waals surface area contributed by atoms with Crippen molar-refractivity contribution >= 4 is 11.6 Å². The van der Waals surface area contributed by atoms with E-state index in [9.17, 15) is 22.7 Å². The van der Waals surface area contributed by atoms with Gasteiger partial charge < -0.3 is 15.2 Å². The van der Waals surface area contributed by atoms with Gasteiger partial charge in [-0.25, -0.2) is 9.37 Å². The molecule has 0 fully saturated rings. The van der Waals surface area contributed by atoms with E-state index in [4.69, 9.17) is 0 Å². The van der Waals surface area contributed by atoms with Crippen molar-refractivity contribution in [3.8, 4) is 5.75 Å². The van der Waals surface area contributed by atoms with E-state index in [2.05, 4.69) is 25.1 Å². The van der Waals surface area contributed by atoms with Gasteiger partial charge in [-0.1, -0.05) is 26.8 Å². The van der Waals surface area contributed by atoms with Crippen LogP contribution in [0.2, 0.25) is 0 Å². The fraction of sp³-hybridized carbons (Fsp3) is 0.450. The molecule has 0 spiro atoms. The number of benzene rings is 1. The second-order valence-electron chi connectivity index (χ2n) is 8.72. The highest BCUT2D eigenvalue weighted by atomic mass is 19.4. The molecule has 0 aliphatic heterocycles. The van der Waals surface area contributed by atoms with E-state index in [0.29, 0.717) is 17.3 Å². The van der Waals surface area contributed by atoms with Crippen LogP contribution >= 0.6 is 0 Å². The van der Waals surface area contributed by atoms with E-state index in [1.54, 1.807) is 6.07 Å². The molecule has 31 heavy (non-hydrogen) atoms. The summed E-state index contributed by atoms with van der Waals surface area (Å²) < 4.78 is 56.8. The van der Waals surface area contributed by atoms with E-state index in [1.165, 1.54) is 30.8 Å². The van der Waals surface area contributed by atoms with Gasteiger partial charge in [-0.3, -0.25) is 0 Å². The number of halogens is 4. The summed E-state index contributed by atoms with van der Waals surface area (Å²) in [7, 11) is 0. The van der Waals surface area contributed by atoms with Crippen LogP contribution in [0, 0.1) is 5.82 Å². The van der Waals surface area contributed by atoms with Gasteiger partial charge in [0.2, 0.25) is 0 Å². The fourth-order valence-electron chi connectivity index (χ4n) is 3.02. The highest BCUT2D eigenvalue weighted by Crippen LogP contribution is 2.34. The van der Waals surface area contributed by atoms with E-state index in [-0.39, 0.29) is 11.0 Å². The smallest absolute Gasteiger partial charge is 0.403 e. The number of alkyl halides is 3. The molecule has 1 aromatic carbocycles. The average Bonchev–Trinajstić information content (AvgIpc) is 3.07. The number of nitrogens with zero attached hydrogens (tertiary/aromatic N) is 4. The first kappa shape index (κ1) is 22.7. The largest absolute Gasteiger partial charge is 0.573 e. The Balaban J connectivity index is 2.05. The maximum Gasteiger partial charge on any atom is 0.573 e. The number of anilines is 1. The van der Waals surface area contributed by atoms with Crippen molar-refractivity contribution in [2.45, 2.75) is 58.0 Å². The van der Waals surface area contributed by atoms with Crippen molar-refractivity contribution in [2.75, 3.05) is 5.32 Å². The van der Waals surface area contributed by atoms with Crippen LogP contribution in [0.15, 0.2) is 30.6 Å². The Morgan fingerprint density at radius 1 is 1.10 bits per heavy atom. The molecule has 0 aliphatic rings. The summed E-state index contributed by atoms with van der Waals surface area (Å²) in [4.78, 5) is 8.58. The van der Waals surface area contributed by atoms with E-state index in [0.717, 1.165) is 12.1 Å². The third-order valence-corrected chi connectivity index (χ3v) is 4.53. The maximum absolute atomic E-state index is 14.3. The number of fused-ring (bicyclic) bond motifs is 1. The Morgan fingerprint density at radius 2 is 1.77 bits per heavy atom. The third kappa shape index (κ3) is 5.22. The summed E-state index contributed by atoms with van der Waals surface area (Å²) in [5, 5.41) is 18.0. The highest BCUT2D eigenvalue weighted by Gasteiger charge is 2.34. The monoisotopic (exact) mass is 441 g/mol. The molecular weight excluding hydrogens is 418 g/mol. The summed E-state index contributed by atoms with van der Waals surface area (Å²) in [5.74, 6) is -1.41. The number of ether oxygens (including phenoxy) is 1. The third-order valence-electron chi connectivity index (χ3n) is 4.53. The van der Waals surface area contributed by atoms with Crippen LogP contribution in [0.5, 0.6) is 5.75 Å². The zero-order valence-electron chi connectivity index (χ0n) is 17.6. The maximum atomic E-state index is 14.3. The lowest BCUT2D eigenvalue weighted by Crippen LogP contribution is -2.35. The van der Waals surface area contributed by atoms with Gasteiger partial charge in [0.05, 0.1) is 17.3 Å². The van der Waals surface area contributed by atoms with Crippen LogP contribution in [-0.4, -0.2) is 36.7 Å². The summed E-state index contributed by atoms with van der Waals surface area (Å²) >= 11 is 0. The zero-order valence-corrected chi connectivity index (χ0v) is 17.6. The van der Waals surface area contributed by atoms with Crippen molar-refractivity contribution in [3.05, 3.63) is 47.7 Å². The molecule has 0 saturated carbocycles. The Labute approximate surface area is 176 Å². The molecule has 11 heteroatoms.